The van der Waals surface area contributed by atoms with E-state index in [0.717, 1.165) is 39.1 Å². The summed E-state index contributed by atoms with van der Waals surface area (Å²) in [6.45, 7) is 6.15. The summed E-state index contributed by atoms with van der Waals surface area (Å²) in [5.41, 5.74) is 11.5. The molecule has 0 spiro atoms. The standard InChI is InChI=1S/C17H17N5/c1-9-15-10(2)22(11(3)16(15)17(18)21-20-9)13-4-5-14-12(8-13)6-7-19-14/h4-8,19H,1-3H3,(H2,18,21). The maximum atomic E-state index is 6.07. The van der Waals surface area contributed by atoms with E-state index < -0.39 is 0 Å². The zero-order valence-corrected chi connectivity index (χ0v) is 12.8. The van der Waals surface area contributed by atoms with Crippen LogP contribution in [0.25, 0.3) is 27.4 Å². The second-order valence-electron chi connectivity index (χ2n) is 5.68. The van der Waals surface area contributed by atoms with Crippen LogP contribution in [0, 0.1) is 20.8 Å². The molecule has 4 aromatic rings. The summed E-state index contributed by atoms with van der Waals surface area (Å²) in [5, 5.41) is 11.5. The Bertz CT molecular complexity index is 978. The quantitative estimate of drug-likeness (QED) is 0.564. The fourth-order valence-electron chi connectivity index (χ4n) is 3.39. The number of rotatable bonds is 1. The van der Waals surface area contributed by atoms with E-state index in [-0.39, 0.29) is 0 Å². The third-order valence-corrected chi connectivity index (χ3v) is 4.37. The van der Waals surface area contributed by atoms with Gasteiger partial charge < -0.3 is 15.3 Å². The van der Waals surface area contributed by atoms with E-state index in [4.69, 9.17) is 5.73 Å². The molecule has 0 bridgehead atoms. The van der Waals surface area contributed by atoms with Gasteiger partial charge in [0.2, 0.25) is 0 Å². The van der Waals surface area contributed by atoms with E-state index in [9.17, 15) is 0 Å². The van der Waals surface area contributed by atoms with Crippen LogP contribution < -0.4 is 5.73 Å². The summed E-state index contributed by atoms with van der Waals surface area (Å²) in [7, 11) is 0. The monoisotopic (exact) mass is 291 g/mol. The molecule has 0 radical (unpaired) electrons. The number of anilines is 1. The van der Waals surface area contributed by atoms with E-state index in [2.05, 4.69) is 57.9 Å². The minimum atomic E-state index is 0.489. The Labute approximate surface area is 127 Å². The van der Waals surface area contributed by atoms with Crippen LogP contribution in [-0.4, -0.2) is 19.7 Å². The highest BCUT2D eigenvalue weighted by atomic mass is 15.1. The number of H-pyrrole nitrogens is 1. The molecule has 0 unspecified atom stereocenters. The van der Waals surface area contributed by atoms with Crippen LogP contribution in [0.5, 0.6) is 0 Å². The number of hydrogen-bond donors (Lipinski definition) is 2. The summed E-state index contributed by atoms with van der Waals surface area (Å²) in [6, 6.07) is 8.47. The molecule has 3 N–H and O–H groups in total. The highest BCUT2D eigenvalue weighted by molar-refractivity contribution is 5.98. The molecule has 3 heterocycles. The number of nitrogen functional groups attached to an aromatic ring is 1. The van der Waals surface area contributed by atoms with Crippen molar-refractivity contribution in [3.63, 3.8) is 0 Å². The van der Waals surface area contributed by atoms with Gasteiger partial charge in [-0.2, -0.15) is 5.10 Å². The van der Waals surface area contributed by atoms with Crippen LogP contribution in [0.3, 0.4) is 0 Å². The average molecular weight is 291 g/mol. The van der Waals surface area contributed by atoms with Crippen LogP contribution in [0.15, 0.2) is 30.5 Å². The first kappa shape index (κ1) is 12.9. The largest absolute Gasteiger partial charge is 0.382 e. The number of benzene rings is 1. The van der Waals surface area contributed by atoms with Gasteiger partial charge in [-0.1, -0.05) is 0 Å². The minimum absolute atomic E-state index is 0.489. The molecule has 0 aliphatic rings. The summed E-state index contributed by atoms with van der Waals surface area (Å²) >= 11 is 0. The third kappa shape index (κ3) is 1.59. The Morgan fingerprint density at radius 3 is 2.55 bits per heavy atom. The smallest absolute Gasteiger partial charge is 0.155 e. The molecule has 1 aromatic carbocycles. The predicted octanol–water partition coefficient (Wildman–Crippen LogP) is 3.41. The Morgan fingerprint density at radius 1 is 1.00 bits per heavy atom. The molecule has 3 aromatic heterocycles. The summed E-state index contributed by atoms with van der Waals surface area (Å²) in [6.07, 6.45) is 1.95. The molecule has 0 aliphatic heterocycles. The molecule has 0 saturated heterocycles. The van der Waals surface area contributed by atoms with Crippen molar-refractivity contribution in [2.75, 3.05) is 5.73 Å². The molecule has 0 atom stereocenters. The molecule has 5 heteroatoms. The molecular formula is C17H17N5. The van der Waals surface area contributed by atoms with Crippen molar-refractivity contribution < 1.29 is 0 Å². The number of aromatic amines is 1. The number of nitrogens with two attached hydrogens (primary N) is 1. The van der Waals surface area contributed by atoms with Gasteiger partial charge in [-0.15, -0.1) is 5.10 Å². The van der Waals surface area contributed by atoms with Crippen molar-refractivity contribution in [2.45, 2.75) is 20.8 Å². The molecule has 22 heavy (non-hydrogen) atoms. The van der Waals surface area contributed by atoms with Gasteiger partial charge in [0.05, 0.1) is 5.69 Å². The molecule has 0 aliphatic carbocycles. The van der Waals surface area contributed by atoms with Crippen LogP contribution >= 0.6 is 0 Å². The van der Waals surface area contributed by atoms with Gasteiger partial charge in [0.15, 0.2) is 5.82 Å². The van der Waals surface area contributed by atoms with Crippen molar-refractivity contribution in [3.05, 3.63) is 47.5 Å². The molecule has 0 amide bonds. The van der Waals surface area contributed by atoms with E-state index in [0.29, 0.717) is 5.82 Å². The van der Waals surface area contributed by atoms with Crippen molar-refractivity contribution >= 4 is 27.5 Å². The Balaban J connectivity index is 2.10. The second kappa shape index (κ2) is 4.34. The lowest BCUT2D eigenvalue weighted by Crippen LogP contribution is -1.98. The van der Waals surface area contributed by atoms with Crippen LogP contribution in [0.2, 0.25) is 0 Å². The van der Waals surface area contributed by atoms with Gasteiger partial charge in [-0.3, -0.25) is 0 Å². The van der Waals surface area contributed by atoms with Crippen molar-refractivity contribution in [1.82, 2.24) is 19.7 Å². The number of hydrogen-bond acceptors (Lipinski definition) is 3. The molecule has 110 valence electrons. The van der Waals surface area contributed by atoms with E-state index in [1.54, 1.807) is 0 Å². The van der Waals surface area contributed by atoms with Gasteiger partial charge in [0.1, 0.15) is 0 Å². The Morgan fingerprint density at radius 2 is 1.77 bits per heavy atom. The number of nitrogens with one attached hydrogen (secondary N) is 1. The average Bonchev–Trinajstić information content (AvgIpc) is 3.06. The number of aryl methyl sites for hydroxylation is 3. The van der Waals surface area contributed by atoms with Crippen LogP contribution in [0.4, 0.5) is 5.82 Å². The molecular weight excluding hydrogens is 274 g/mol. The lowest BCUT2D eigenvalue weighted by Gasteiger charge is -2.09. The summed E-state index contributed by atoms with van der Waals surface area (Å²) in [5.74, 6) is 0.489. The van der Waals surface area contributed by atoms with E-state index in [1.807, 2.05) is 13.1 Å². The SMILES string of the molecule is Cc1nnc(N)c2c(C)n(-c3ccc4[nH]ccc4c3)c(C)c12. The van der Waals surface area contributed by atoms with Crippen LogP contribution in [-0.2, 0) is 0 Å². The molecule has 0 fully saturated rings. The molecule has 0 saturated carbocycles. The van der Waals surface area contributed by atoms with Gasteiger partial charge in [0.25, 0.3) is 0 Å². The fraction of sp³-hybridized carbons (Fsp3) is 0.176. The highest BCUT2D eigenvalue weighted by Gasteiger charge is 2.18. The van der Waals surface area contributed by atoms with Gasteiger partial charge in [-0.05, 0) is 45.0 Å². The van der Waals surface area contributed by atoms with Crippen molar-refractivity contribution in [3.8, 4) is 5.69 Å². The predicted molar refractivity (Wildman–Crippen MR) is 89.3 cm³/mol. The number of nitrogens with zero attached hydrogens (tertiary/aromatic N) is 3. The third-order valence-electron chi connectivity index (χ3n) is 4.37. The first-order valence-corrected chi connectivity index (χ1v) is 7.26. The van der Waals surface area contributed by atoms with E-state index in [1.165, 1.54) is 5.39 Å². The number of aromatic nitrogens is 4. The maximum absolute atomic E-state index is 6.07. The Hall–Kier alpha value is -2.82. The fourth-order valence-corrected chi connectivity index (χ4v) is 3.39. The van der Waals surface area contributed by atoms with Gasteiger partial charge in [0, 0.05) is 44.9 Å². The van der Waals surface area contributed by atoms with Crippen molar-refractivity contribution in [2.24, 2.45) is 0 Å². The number of fused-ring (bicyclic) bond motifs is 2. The molecule has 5 nitrogen and oxygen atoms in total. The summed E-state index contributed by atoms with van der Waals surface area (Å²) < 4.78 is 2.23. The first-order chi connectivity index (χ1) is 10.6. The minimum Gasteiger partial charge on any atom is -0.382 e. The van der Waals surface area contributed by atoms with Gasteiger partial charge >= 0.3 is 0 Å². The molecule has 4 rings (SSSR count). The normalized spacial score (nSPS) is 11.6. The summed E-state index contributed by atoms with van der Waals surface area (Å²) in [4.78, 5) is 3.22. The zero-order valence-electron chi connectivity index (χ0n) is 12.8. The lowest BCUT2D eigenvalue weighted by molar-refractivity contribution is 0.975. The first-order valence-electron chi connectivity index (χ1n) is 7.26. The second-order valence-corrected chi connectivity index (χ2v) is 5.68. The Kier molecular flexibility index (Phi) is 2.54. The topological polar surface area (TPSA) is 72.5 Å². The lowest BCUT2D eigenvalue weighted by atomic mass is 10.1. The highest BCUT2D eigenvalue weighted by Crippen LogP contribution is 2.33. The van der Waals surface area contributed by atoms with Crippen molar-refractivity contribution in [1.29, 1.82) is 0 Å². The maximum Gasteiger partial charge on any atom is 0.155 e. The van der Waals surface area contributed by atoms with E-state index >= 15 is 0 Å². The zero-order chi connectivity index (χ0) is 15.4. The van der Waals surface area contributed by atoms with Crippen LogP contribution in [0.1, 0.15) is 17.1 Å². The van der Waals surface area contributed by atoms with Gasteiger partial charge in [-0.25, -0.2) is 0 Å².